The van der Waals surface area contributed by atoms with Crippen LogP contribution in [0.1, 0.15) is 33.6 Å². The first kappa shape index (κ1) is 28.1. The molecule has 0 aromatic carbocycles. The lowest BCUT2D eigenvalue weighted by molar-refractivity contribution is -0.152. The van der Waals surface area contributed by atoms with Crippen LogP contribution in [0, 0.1) is 0 Å². The summed E-state index contributed by atoms with van der Waals surface area (Å²) in [6.45, 7) is 18.8. The molecule has 0 spiro atoms. The minimum atomic E-state index is -0.492. The highest BCUT2D eigenvalue weighted by atomic mass is 16.6. The second-order valence-corrected chi connectivity index (χ2v) is 5.83. The van der Waals surface area contributed by atoms with Crippen LogP contribution in [0.25, 0.3) is 0 Å². The number of carbonyl (C=O) groups is 4. The van der Waals surface area contributed by atoms with E-state index in [1.165, 1.54) is 0 Å². The van der Waals surface area contributed by atoms with Crippen LogP contribution in [0.2, 0.25) is 0 Å². The van der Waals surface area contributed by atoms with E-state index >= 15 is 0 Å². The number of unbranched alkanes of at least 4 members (excludes halogenated alkanes) is 1. The number of hydrogen-bond acceptors (Lipinski definition) is 8. The molecule has 0 aliphatic heterocycles. The molecule has 162 valence electrons. The Morgan fingerprint density at radius 3 is 1.55 bits per heavy atom. The third kappa shape index (κ3) is 18.0. The van der Waals surface area contributed by atoms with Crippen LogP contribution in [0.15, 0.2) is 49.6 Å². The molecule has 0 aromatic heterocycles. The molecule has 0 radical (unpaired) electrons. The van der Waals surface area contributed by atoms with Crippen molar-refractivity contribution in [2.24, 2.45) is 0 Å². The molecule has 1 atom stereocenters. The Morgan fingerprint density at radius 2 is 1.21 bits per heavy atom. The Hall–Kier alpha value is -3.16. The van der Waals surface area contributed by atoms with Gasteiger partial charge in [-0.3, -0.25) is 0 Å². The zero-order valence-corrected chi connectivity index (χ0v) is 17.4. The Morgan fingerprint density at radius 1 is 0.793 bits per heavy atom. The van der Waals surface area contributed by atoms with Gasteiger partial charge in [-0.15, -0.1) is 0 Å². The van der Waals surface area contributed by atoms with Crippen molar-refractivity contribution in [3.63, 3.8) is 0 Å². The first-order chi connectivity index (χ1) is 13.5. The number of ether oxygens (including phenoxy) is 4. The van der Waals surface area contributed by atoms with Crippen LogP contribution < -0.4 is 0 Å². The van der Waals surface area contributed by atoms with Gasteiger partial charge in [0.05, 0.1) is 13.2 Å². The van der Waals surface area contributed by atoms with Crippen molar-refractivity contribution in [3.8, 4) is 0 Å². The number of hydrogen-bond donors (Lipinski definition) is 0. The van der Waals surface area contributed by atoms with Gasteiger partial charge in [-0.1, -0.05) is 26.3 Å². The van der Waals surface area contributed by atoms with Crippen LogP contribution in [-0.4, -0.2) is 49.8 Å². The van der Waals surface area contributed by atoms with E-state index in [-0.39, 0.29) is 6.61 Å². The van der Waals surface area contributed by atoms with Gasteiger partial charge in [0.25, 0.3) is 0 Å². The lowest BCUT2D eigenvalue weighted by Gasteiger charge is -2.13. The van der Waals surface area contributed by atoms with Gasteiger partial charge in [-0.2, -0.15) is 0 Å². The molecule has 29 heavy (non-hydrogen) atoms. The van der Waals surface area contributed by atoms with E-state index in [4.69, 9.17) is 18.9 Å². The molecule has 0 bridgehead atoms. The molecule has 1 unspecified atom stereocenters. The van der Waals surface area contributed by atoms with E-state index < -0.39 is 30.0 Å². The van der Waals surface area contributed by atoms with E-state index in [2.05, 4.69) is 26.3 Å². The molecule has 8 nitrogen and oxygen atoms in total. The molecule has 8 heteroatoms. The highest BCUT2D eigenvalue weighted by Gasteiger charge is 2.12. The number of rotatable bonds is 12. The fourth-order valence-corrected chi connectivity index (χ4v) is 1.30. The van der Waals surface area contributed by atoms with Crippen LogP contribution in [0.3, 0.4) is 0 Å². The van der Waals surface area contributed by atoms with E-state index in [1.54, 1.807) is 20.8 Å². The molecule has 0 aromatic rings. The van der Waals surface area contributed by atoms with E-state index in [9.17, 15) is 19.2 Å². The minimum Gasteiger partial charge on any atom is -0.463 e. The molecule has 0 saturated carbocycles. The van der Waals surface area contributed by atoms with Crippen LogP contribution in [0.4, 0.5) is 0 Å². The molecule has 0 aliphatic rings. The molecule has 0 rings (SSSR count). The molecule has 0 aliphatic carbocycles. The molecule has 0 heterocycles. The summed E-state index contributed by atoms with van der Waals surface area (Å²) < 4.78 is 19.1. The summed E-state index contributed by atoms with van der Waals surface area (Å²) in [4.78, 5) is 43.2. The van der Waals surface area contributed by atoms with Gasteiger partial charge >= 0.3 is 23.9 Å². The van der Waals surface area contributed by atoms with Gasteiger partial charge in [0.1, 0.15) is 12.7 Å². The number of esters is 4. The third-order valence-electron chi connectivity index (χ3n) is 2.81. The van der Waals surface area contributed by atoms with Crippen molar-refractivity contribution in [3.05, 3.63) is 49.6 Å². The van der Waals surface area contributed by atoms with Crippen molar-refractivity contribution >= 4 is 23.9 Å². The first-order valence-corrected chi connectivity index (χ1v) is 8.82. The highest BCUT2D eigenvalue weighted by Crippen LogP contribution is 2.00. The predicted molar refractivity (Wildman–Crippen MR) is 108 cm³/mol. The second kappa shape index (κ2) is 17.0. The van der Waals surface area contributed by atoms with Crippen LogP contribution in [-0.2, 0) is 38.1 Å². The van der Waals surface area contributed by atoms with Gasteiger partial charge in [0.15, 0.2) is 0 Å². The van der Waals surface area contributed by atoms with E-state index in [1.807, 2.05) is 0 Å². The summed E-state index contributed by atoms with van der Waals surface area (Å²) in [5, 5.41) is 0. The van der Waals surface area contributed by atoms with Crippen molar-refractivity contribution in [1.29, 1.82) is 0 Å². The SMILES string of the molecule is C=C(C)C(=O)OCC(C)OC(=O)C(=C)C.C=CC(=O)OCCCCOC(=O)C=C. The van der Waals surface area contributed by atoms with Gasteiger partial charge in [-0.05, 0) is 33.6 Å². The molecule has 0 amide bonds. The maximum Gasteiger partial charge on any atom is 0.333 e. The summed E-state index contributed by atoms with van der Waals surface area (Å²) in [6.07, 6.45) is 3.04. The summed E-state index contributed by atoms with van der Waals surface area (Å²) in [5.74, 6) is -1.86. The van der Waals surface area contributed by atoms with Crippen LogP contribution in [0.5, 0.6) is 0 Å². The standard InChI is InChI=1S/C11H16O4.C10H14O4/c1-7(2)10(12)14-6-9(5)15-11(13)8(3)4;1-3-9(11)13-7-5-6-8-14-10(12)4-2/h9H,1,3,6H2,2,4-5H3;3-4H,1-2,5-8H2. The largest absolute Gasteiger partial charge is 0.463 e. The van der Waals surface area contributed by atoms with Gasteiger partial charge < -0.3 is 18.9 Å². The zero-order valence-electron chi connectivity index (χ0n) is 17.4. The van der Waals surface area contributed by atoms with Crippen molar-refractivity contribution < 1.29 is 38.1 Å². The normalized spacial score (nSPS) is 10.2. The van der Waals surface area contributed by atoms with Gasteiger partial charge in [0, 0.05) is 23.3 Å². The predicted octanol–water partition coefficient (Wildman–Crippen LogP) is 2.84. The first-order valence-electron chi connectivity index (χ1n) is 8.82. The smallest absolute Gasteiger partial charge is 0.333 e. The Labute approximate surface area is 171 Å². The highest BCUT2D eigenvalue weighted by molar-refractivity contribution is 5.87. The summed E-state index contributed by atoms with van der Waals surface area (Å²) >= 11 is 0. The average Bonchev–Trinajstić information content (AvgIpc) is 2.68. The molecule has 0 fully saturated rings. The fourth-order valence-electron chi connectivity index (χ4n) is 1.30. The molecular weight excluding hydrogens is 380 g/mol. The lowest BCUT2D eigenvalue weighted by Crippen LogP contribution is -2.22. The Kier molecular flexibility index (Phi) is 16.4. The topological polar surface area (TPSA) is 105 Å². The Balaban J connectivity index is 0. The van der Waals surface area contributed by atoms with E-state index in [0.29, 0.717) is 37.2 Å². The van der Waals surface area contributed by atoms with Crippen molar-refractivity contribution in [1.82, 2.24) is 0 Å². The molecular formula is C21H30O8. The van der Waals surface area contributed by atoms with Gasteiger partial charge in [0.2, 0.25) is 0 Å². The Bertz CT molecular complexity index is 594. The zero-order chi connectivity index (χ0) is 22.8. The lowest BCUT2D eigenvalue weighted by atomic mass is 10.3. The molecule has 0 N–H and O–H groups in total. The maximum atomic E-state index is 11.1. The van der Waals surface area contributed by atoms with Gasteiger partial charge in [-0.25, -0.2) is 19.2 Å². The van der Waals surface area contributed by atoms with Crippen molar-refractivity contribution in [2.75, 3.05) is 19.8 Å². The minimum absolute atomic E-state index is 0.0186. The maximum absolute atomic E-state index is 11.1. The van der Waals surface area contributed by atoms with Crippen molar-refractivity contribution in [2.45, 2.75) is 39.7 Å². The fraction of sp³-hybridized carbons (Fsp3) is 0.429. The summed E-state index contributed by atoms with van der Waals surface area (Å²) in [7, 11) is 0. The monoisotopic (exact) mass is 410 g/mol. The van der Waals surface area contributed by atoms with Crippen LogP contribution >= 0.6 is 0 Å². The summed E-state index contributed by atoms with van der Waals surface area (Å²) in [5.41, 5.74) is 0.626. The quantitative estimate of drug-likeness (QED) is 0.209. The molecule has 0 saturated heterocycles. The average molecular weight is 410 g/mol. The summed E-state index contributed by atoms with van der Waals surface area (Å²) in [6, 6.07) is 0. The van der Waals surface area contributed by atoms with E-state index in [0.717, 1.165) is 12.2 Å². The second-order valence-electron chi connectivity index (χ2n) is 5.83. The number of carbonyl (C=O) groups excluding carboxylic acids is 4. The third-order valence-corrected chi connectivity index (χ3v) is 2.81.